The Hall–Kier alpha value is -10.3. The molecule has 3 aliphatic heterocycles. The van der Waals surface area contributed by atoms with Crippen LogP contribution in [0.4, 0.5) is 33.3 Å². The van der Waals surface area contributed by atoms with E-state index in [1.54, 1.807) is 36.4 Å². The Morgan fingerprint density at radius 3 is 1.29 bits per heavy atom. The number of nitrogens with one attached hydrogen (secondary N) is 2. The Kier molecular flexibility index (Phi) is 17.8. The molecule has 3 aliphatic rings. The fourth-order valence-electron chi connectivity index (χ4n) is 13.6. The molecule has 0 unspecified atom stereocenters. The monoisotopic (exact) mass is 1280 g/mol. The van der Waals surface area contributed by atoms with E-state index in [9.17, 15) is 13.2 Å². The number of piperazine rings is 3. The van der Waals surface area contributed by atoms with Crippen molar-refractivity contribution < 1.29 is 26.4 Å². The predicted molar refractivity (Wildman–Crippen MR) is 369 cm³/mol. The summed E-state index contributed by atoms with van der Waals surface area (Å²) in [4.78, 5) is 36.6. The average molecular weight is 1280 g/mol. The Morgan fingerprint density at radius 2 is 0.719 bits per heavy atom. The summed E-state index contributed by atoms with van der Waals surface area (Å²) in [6.45, 7) is 11.1. The van der Waals surface area contributed by atoms with Crippen LogP contribution in [0.25, 0.3) is 89.9 Å². The van der Waals surface area contributed by atoms with Crippen molar-refractivity contribution in [3.05, 3.63) is 271 Å². The van der Waals surface area contributed by atoms with Crippen LogP contribution in [0.3, 0.4) is 0 Å². The molecule has 6 heterocycles. The minimum absolute atomic E-state index is 0.176. The van der Waals surface area contributed by atoms with Gasteiger partial charge in [0.15, 0.2) is 5.76 Å². The summed E-state index contributed by atoms with van der Waals surface area (Å²) < 4.78 is 81.2. The number of hydrogen-bond donors (Lipinski definition) is 2. The largest absolute Gasteiger partial charge is 0.439 e. The van der Waals surface area contributed by atoms with Crippen molar-refractivity contribution in [2.75, 3.05) is 88.3 Å². The molecule has 2 N–H and O–H groups in total. The number of aromatic amines is 2. The summed E-state index contributed by atoms with van der Waals surface area (Å²) in [6.07, 6.45) is 0. The number of aromatic nitrogens is 5. The molecule has 0 bridgehead atoms. The molecule has 0 aliphatic carbocycles. The summed E-state index contributed by atoms with van der Waals surface area (Å²) in [5, 5.41) is 0. The highest BCUT2D eigenvalue weighted by Crippen LogP contribution is 2.40. The number of benzene rings is 9. The Bertz CT molecular complexity index is 4720. The Balaban J connectivity index is 0.731. The molecule has 0 saturated carbocycles. The fraction of sp³-hybridized carbons (Fsp3) is 0.203. The van der Waals surface area contributed by atoms with Gasteiger partial charge >= 0.3 is 0 Å². The van der Waals surface area contributed by atoms with E-state index in [4.69, 9.17) is 19.4 Å². The van der Waals surface area contributed by atoms with Crippen LogP contribution in [0.2, 0.25) is 0 Å². The van der Waals surface area contributed by atoms with Crippen molar-refractivity contribution in [3.63, 3.8) is 0 Å². The van der Waals surface area contributed by atoms with E-state index in [-0.39, 0.29) is 17.5 Å². The van der Waals surface area contributed by atoms with Gasteiger partial charge in [0, 0.05) is 135 Å². The first-order chi connectivity index (χ1) is 47.0. The van der Waals surface area contributed by atoms with Crippen LogP contribution >= 0.6 is 0 Å². The molecule has 3 fully saturated rings. The first-order valence-electron chi connectivity index (χ1n) is 32.8. The van der Waals surface area contributed by atoms with Crippen molar-refractivity contribution in [1.29, 1.82) is 0 Å². The summed E-state index contributed by atoms with van der Waals surface area (Å²) in [5.41, 5.74) is 13.8. The number of hydrogen-bond acceptors (Lipinski definition) is 10. The van der Waals surface area contributed by atoms with Gasteiger partial charge in [-0.25, -0.2) is 36.9 Å². The highest BCUT2D eigenvalue weighted by Gasteiger charge is 2.27. The van der Waals surface area contributed by atoms with Crippen molar-refractivity contribution in [3.8, 4) is 89.9 Å². The molecule has 15 rings (SSSR count). The van der Waals surface area contributed by atoms with E-state index in [0.29, 0.717) is 103 Å². The quantitative estimate of drug-likeness (QED) is 0.0808. The number of oxazole rings is 1. The lowest BCUT2D eigenvalue weighted by atomic mass is 9.95. The first kappa shape index (κ1) is 61.9. The number of H-pyrrole nitrogens is 2. The van der Waals surface area contributed by atoms with Gasteiger partial charge in [0.05, 0.1) is 42.4 Å². The number of halogens is 5. The van der Waals surface area contributed by atoms with Crippen LogP contribution in [-0.2, 0) is 26.2 Å². The van der Waals surface area contributed by atoms with Crippen LogP contribution in [0.15, 0.2) is 223 Å². The number of imidazole rings is 2. The van der Waals surface area contributed by atoms with Gasteiger partial charge in [0.25, 0.3) is 0 Å². The van der Waals surface area contributed by atoms with Gasteiger partial charge < -0.3 is 24.2 Å². The molecular weight excluding hydrogens is 1210 g/mol. The molecule has 17 heteroatoms. The second-order valence-electron chi connectivity index (χ2n) is 25.1. The summed E-state index contributed by atoms with van der Waals surface area (Å²) in [5.74, 6) is 1.19. The van der Waals surface area contributed by atoms with Gasteiger partial charge in [-0.05, 0) is 113 Å². The molecule has 12 nitrogen and oxygen atoms in total. The molecule has 0 amide bonds. The number of rotatable bonds is 18. The van der Waals surface area contributed by atoms with Gasteiger partial charge in [0.1, 0.15) is 46.4 Å². The van der Waals surface area contributed by atoms with Gasteiger partial charge in [-0.1, -0.05) is 127 Å². The van der Waals surface area contributed by atoms with Crippen LogP contribution < -0.4 is 9.80 Å². The van der Waals surface area contributed by atoms with Crippen LogP contribution in [0, 0.1) is 29.1 Å². The summed E-state index contributed by atoms with van der Waals surface area (Å²) in [7, 11) is 0. The Morgan fingerprint density at radius 1 is 0.312 bits per heavy atom. The number of anilines is 2. The summed E-state index contributed by atoms with van der Waals surface area (Å²) >= 11 is 0. The topological polar surface area (TPSA) is 103 Å². The highest BCUT2D eigenvalue weighted by molar-refractivity contribution is 5.86. The first-order valence-corrected chi connectivity index (χ1v) is 32.8. The maximum atomic E-state index is 16.4. The van der Waals surface area contributed by atoms with Crippen molar-refractivity contribution >= 4 is 11.4 Å². The van der Waals surface area contributed by atoms with Gasteiger partial charge in [-0.15, -0.1) is 0 Å². The maximum absolute atomic E-state index is 16.4. The second kappa shape index (κ2) is 27.6. The van der Waals surface area contributed by atoms with Crippen molar-refractivity contribution in [1.82, 2.24) is 44.5 Å². The zero-order valence-corrected chi connectivity index (χ0v) is 52.9. The van der Waals surface area contributed by atoms with E-state index in [0.717, 1.165) is 126 Å². The molecule has 96 heavy (non-hydrogen) atoms. The Labute approximate surface area is 554 Å². The predicted octanol–water partition coefficient (Wildman–Crippen LogP) is 16.1. The molecule has 3 aromatic heterocycles. The normalized spacial score (nSPS) is 15.2. The third-order valence-electron chi connectivity index (χ3n) is 18.6. The van der Waals surface area contributed by atoms with E-state index in [2.05, 4.69) is 87.9 Å². The second-order valence-corrected chi connectivity index (χ2v) is 25.1. The van der Waals surface area contributed by atoms with E-state index in [1.807, 2.05) is 91.0 Å². The maximum Gasteiger partial charge on any atom is 0.209 e. The van der Waals surface area contributed by atoms with Crippen LogP contribution in [-0.4, -0.2) is 123 Å². The molecule has 0 spiro atoms. The number of nitrogens with zero attached hydrogens (tertiary/aromatic N) is 9. The molecule has 9 aromatic carbocycles. The SMILES string of the molecule is Fc1cccc(-c2nc(CN3CCN(c4cccc(F)c4)CC3)[nH]c2-c2cc(F)cc(-c3cccc(-c4nc(CN5CCN(c6cccc(F)c6)CC5)[nH]c4-c4cccc(-c5cccc(-c6nc(CN7CCN(Cc8ccccc8F)CC7)oc6-c6ccccc6)c5)c4)c3)c2)c1. The standard InChI is InChI=1S/C79H70F5N11O/c80-64-22-9-21-60(44-64)76-77(88-72(87-76)51-92-34-38-95(39-35-92)69-26-11-24-66(82)48-69)63-43-62(45-67(83)46-63)56-17-8-19-58(42-56)75-74(85-71(86-75)50-91-32-36-94(37-33-91)68-25-10-23-65(81)47-68)57-18-6-15-54(40-57)55-16-7-20-59(41-55)78-79(53-12-2-1-3-13-53)96-73(89-78)52-93-30-28-90(29-31-93)49-61-14-4-5-27-70(61)84/h1-27,40-48H,28-39,49-52H2,(H,85,86)(H,87,88). The van der Waals surface area contributed by atoms with Crippen molar-refractivity contribution in [2.24, 2.45) is 0 Å². The third-order valence-corrected chi connectivity index (χ3v) is 18.6. The summed E-state index contributed by atoms with van der Waals surface area (Å²) in [6, 6.07) is 66.6. The average Bonchev–Trinajstić information content (AvgIpc) is 1.61. The third kappa shape index (κ3) is 13.9. The molecular formula is C79H70F5N11O. The smallest absolute Gasteiger partial charge is 0.209 e. The zero-order valence-electron chi connectivity index (χ0n) is 52.9. The lowest BCUT2D eigenvalue weighted by molar-refractivity contribution is 0.114. The highest BCUT2D eigenvalue weighted by atomic mass is 19.1. The van der Waals surface area contributed by atoms with Crippen LogP contribution in [0.5, 0.6) is 0 Å². The fourth-order valence-corrected chi connectivity index (χ4v) is 13.6. The molecule has 12 aromatic rings. The van der Waals surface area contributed by atoms with E-state index >= 15 is 8.78 Å². The van der Waals surface area contributed by atoms with E-state index < -0.39 is 11.6 Å². The minimum atomic E-state index is -0.450. The van der Waals surface area contributed by atoms with Gasteiger partial charge in [-0.2, -0.15) is 0 Å². The zero-order chi connectivity index (χ0) is 65.1. The van der Waals surface area contributed by atoms with Gasteiger partial charge in [0.2, 0.25) is 5.89 Å². The molecule has 0 radical (unpaired) electrons. The van der Waals surface area contributed by atoms with E-state index in [1.165, 1.54) is 42.5 Å². The molecule has 482 valence electrons. The lowest BCUT2D eigenvalue weighted by Crippen LogP contribution is -2.46. The van der Waals surface area contributed by atoms with Gasteiger partial charge in [-0.3, -0.25) is 19.6 Å². The molecule has 3 saturated heterocycles. The lowest BCUT2D eigenvalue weighted by Gasteiger charge is -2.35. The van der Waals surface area contributed by atoms with Crippen LogP contribution in [0.1, 0.15) is 23.1 Å². The minimum Gasteiger partial charge on any atom is -0.439 e. The molecule has 0 atom stereocenters. The van der Waals surface area contributed by atoms with Crippen molar-refractivity contribution in [2.45, 2.75) is 26.2 Å².